The second kappa shape index (κ2) is 4.33. The smallest absolute Gasteiger partial charge is 0.144 e. The van der Waals surface area contributed by atoms with Gasteiger partial charge in [0.05, 0.1) is 13.2 Å². The van der Waals surface area contributed by atoms with Crippen LogP contribution in [0.1, 0.15) is 25.0 Å². The fourth-order valence-corrected chi connectivity index (χ4v) is 1.43. The summed E-state index contributed by atoms with van der Waals surface area (Å²) in [7, 11) is 3.61. The van der Waals surface area contributed by atoms with E-state index in [0.29, 0.717) is 0 Å². The minimum Gasteiger partial charge on any atom is -0.497 e. The van der Waals surface area contributed by atoms with Crippen LogP contribution in [0.15, 0.2) is 18.2 Å². The van der Waals surface area contributed by atoms with Crippen molar-refractivity contribution in [2.24, 2.45) is 0 Å². The third-order valence-corrected chi connectivity index (χ3v) is 2.29. The van der Waals surface area contributed by atoms with Gasteiger partial charge in [0.1, 0.15) is 13.6 Å². The summed E-state index contributed by atoms with van der Waals surface area (Å²) in [6, 6.07) is 5.74. The molecule has 3 heteroatoms. The Hall–Kier alpha value is -0.955. The summed E-state index contributed by atoms with van der Waals surface area (Å²) >= 11 is 0. The summed E-state index contributed by atoms with van der Waals surface area (Å²) < 4.78 is 5.17. The number of benzene rings is 1. The van der Waals surface area contributed by atoms with Crippen molar-refractivity contribution in [2.45, 2.75) is 19.4 Å². The Morgan fingerprint density at radius 2 is 2.23 bits per heavy atom. The Morgan fingerprint density at radius 1 is 1.54 bits per heavy atom. The molecule has 0 aliphatic carbocycles. The molecule has 0 fully saturated rings. The van der Waals surface area contributed by atoms with Gasteiger partial charge in [0.25, 0.3) is 0 Å². The molecule has 0 unspecified atom stereocenters. The molecule has 0 heterocycles. The van der Waals surface area contributed by atoms with Crippen LogP contribution in [0.4, 0.5) is 0 Å². The highest BCUT2D eigenvalue weighted by molar-refractivity contribution is 6.35. The molecule has 0 saturated heterocycles. The van der Waals surface area contributed by atoms with Crippen molar-refractivity contribution < 1.29 is 9.84 Å². The monoisotopic (exact) mass is 178 g/mol. The lowest BCUT2D eigenvalue weighted by Gasteiger charge is -2.14. The minimum absolute atomic E-state index is 0.380. The summed E-state index contributed by atoms with van der Waals surface area (Å²) in [5.74, 6) is 0.838. The largest absolute Gasteiger partial charge is 0.497 e. The van der Waals surface area contributed by atoms with Gasteiger partial charge in [-0.25, -0.2) is 0 Å². The summed E-state index contributed by atoms with van der Waals surface area (Å²) in [5.41, 5.74) is 1.99. The zero-order valence-electron chi connectivity index (χ0n) is 8.37. The molecule has 0 radical (unpaired) electrons. The van der Waals surface area contributed by atoms with Gasteiger partial charge < -0.3 is 9.84 Å². The number of ether oxygens (including phenoxy) is 1. The van der Waals surface area contributed by atoms with Crippen LogP contribution in [0.25, 0.3) is 0 Å². The topological polar surface area (TPSA) is 29.5 Å². The van der Waals surface area contributed by atoms with Gasteiger partial charge in [-0.15, -0.1) is 0 Å². The van der Waals surface area contributed by atoms with Crippen LogP contribution in [-0.2, 0) is 0 Å². The van der Waals surface area contributed by atoms with E-state index in [1.165, 1.54) is 0 Å². The molecule has 0 aromatic heterocycles. The molecule has 13 heavy (non-hydrogen) atoms. The van der Waals surface area contributed by atoms with Crippen LogP contribution >= 0.6 is 0 Å². The Bertz CT molecular complexity index is 286. The predicted molar refractivity (Wildman–Crippen MR) is 56.4 cm³/mol. The van der Waals surface area contributed by atoms with E-state index in [1.54, 1.807) is 7.11 Å². The quantitative estimate of drug-likeness (QED) is 0.678. The molecule has 0 spiro atoms. The van der Waals surface area contributed by atoms with E-state index >= 15 is 0 Å². The van der Waals surface area contributed by atoms with Gasteiger partial charge >= 0.3 is 0 Å². The zero-order valence-corrected chi connectivity index (χ0v) is 8.37. The second-order valence-corrected chi connectivity index (χ2v) is 3.10. The summed E-state index contributed by atoms with van der Waals surface area (Å²) in [6.45, 7) is 1.96. The first-order chi connectivity index (χ1) is 6.20. The van der Waals surface area contributed by atoms with Crippen LogP contribution in [0, 0.1) is 0 Å². The summed E-state index contributed by atoms with van der Waals surface area (Å²) in [5, 5.41) is 9.67. The average molecular weight is 178 g/mol. The molecule has 0 saturated carbocycles. The maximum atomic E-state index is 9.67. The molecule has 0 amide bonds. The van der Waals surface area contributed by atoms with Gasteiger partial charge in [-0.05, 0) is 23.5 Å². The van der Waals surface area contributed by atoms with E-state index in [0.717, 1.165) is 23.2 Å². The predicted octanol–water partition coefficient (Wildman–Crippen LogP) is 0.397. The van der Waals surface area contributed by atoms with E-state index < -0.39 is 0 Å². The van der Waals surface area contributed by atoms with E-state index in [2.05, 4.69) is 0 Å². The minimum atomic E-state index is -0.380. The fourth-order valence-electron chi connectivity index (χ4n) is 1.43. The molecule has 1 rings (SSSR count). The number of hydrogen-bond donors (Lipinski definition) is 1. The first kappa shape index (κ1) is 10.1. The van der Waals surface area contributed by atoms with Crippen molar-refractivity contribution in [1.82, 2.24) is 0 Å². The van der Waals surface area contributed by atoms with Gasteiger partial charge in [-0.2, -0.15) is 0 Å². The molecule has 0 aliphatic rings. The second-order valence-electron chi connectivity index (χ2n) is 3.10. The molecule has 0 aliphatic heterocycles. The Labute approximate surface area is 80.0 Å². The van der Waals surface area contributed by atoms with Crippen LogP contribution in [0.5, 0.6) is 5.75 Å². The Morgan fingerprint density at radius 3 is 2.77 bits per heavy atom. The number of aliphatic hydroxyl groups is 1. The van der Waals surface area contributed by atoms with Gasteiger partial charge in [-0.1, -0.05) is 19.1 Å². The molecule has 1 aromatic carbocycles. The standard InChI is InChI=1S/C10H15BO2/c1-3-8(12)7-5-4-6-9(13-2)10(7)11/h4-6,8,12H,3,11H2,1-2H3/t8-/m1/s1. The summed E-state index contributed by atoms with van der Waals surface area (Å²) in [4.78, 5) is 0. The zero-order chi connectivity index (χ0) is 9.84. The van der Waals surface area contributed by atoms with Crippen LogP contribution in [-0.4, -0.2) is 20.1 Å². The molecule has 1 aromatic rings. The van der Waals surface area contributed by atoms with E-state index in [4.69, 9.17) is 4.74 Å². The SMILES string of the molecule is Bc1c(OC)cccc1[C@H](O)CC. The van der Waals surface area contributed by atoms with Crippen molar-refractivity contribution in [2.75, 3.05) is 7.11 Å². The fraction of sp³-hybridized carbons (Fsp3) is 0.400. The van der Waals surface area contributed by atoms with Crippen molar-refractivity contribution in [3.63, 3.8) is 0 Å². The van der Waals surface area contributed by atoms with Gasteiger partial charge in [-0.3, -0.25) is 0 Å². The summed E-state index contributed by atoms with van der Waals surface area (Å²) in [6.07, 6.45) is 0.351. The lowest BCUT2D eigenvalue weighted by Crippen LogP contribution is -2.16. The van der Waals surface area contributed by atoms with Crippen molar-refractivity contribution in [1.29, 1.82) is 0 Å². The number of methoxy groups -OCH3 is 1. The molecular weight excluding hydrogens is 163 g/mol. The van der Waals surface area contributed by atoms with Crippen LogP contribution < -0.4 is 10.2 Å². The van der Waals surface area contributed by atoms with Gasteiger partial charge in [0, 0.05) is 0 Å². The average Bonchev–Trinajstić information content (AvgIpc) is 2.17. The highest BCUT2D eigenvalue weighted by atomic mass is 16.5. The van der Waals surface area contributed by atoms with Crippen molar-refractivity contribution >= 4 is 13.3 Å². The maximum absolute atomic E-state index is 9.67. The highest BCUT2D eigenvalue weighted by Gasteiger charge is 2.10. The van der Waals surface area contributed by atoms with E-state index in [-0.39, 0.29) is 6.10 Å². The number of rotatable bonds is 3. The van der Waals surface area contributed by atoms with E-state index in [1.807, 2.05) is 33.0 Å². The molecule has 0 bridgehead atoms. The highest BCUT2D eigenvalue weighted by Crippen LogP contribution is 2.17. The van der Waals surface area contributed by atoms with Crippen molar-refractivity contribution in [3.05, 3.63) is 23.8 Å². The molecule has 2 nitrogen and oxygen atoms in total. The Kier molecular flexibility index (Phi) is 3.37. The lowest BCUT2D eigenvalue weighted by molar-refractivity contribution is 0.174. The first-order valence-corrected chi connectivity index (χ1v) is 4.52. The van der Waals surface area contributed by atoms with Crippen LogP contribution in [0.2, 0.25) is 0 Å². The normalized spacial score (nSPS) is 12.5. The lowest BCUT2D eigenvalue weighted by atomic mass is 9.86. The van der Waals surface area contributed by atoms with Gasteiger partial charge in [0.2, 0.25) is 0 Å². The molecular formula is C10H15BO2. The third-order valence-electron chi connectivity index (χ3n) is 2.29. The van der Waals surface area contributed by atoms with E-state index in [9.17, 15) is 5.11 Å². The number of aliphatic hydroxyl groups excluding tert-OH is 1. The van der Waals surface area contributed by atoms with Crippen molar-refractivity contribution in [3.8, 4) is 5.75 Å². The van der Waals surface area contributed by atoms with Crippen LogP contribution in [0.3, 0.4) is 0 Å². The molecule has 1 atom stereocenters. The third kappa shape index (κ3) is 2.04. The molecule has 70 valence electrons. The maximum Gasteiger partial charge on any atom is 0.144 e. The number of hydrogen-bond acceptors (Lipinski definition) is 2. The first-order valence-electron chi connectivity index (χ1n) is 4.52. The van der Waals surface area contributed by atoms with Gasteiger partial charge in [0.15, 0.2) is 0 Å². The molecule has 1 N–H and O–H groups in total. The Balaban J connectivity index is 3.08.